The Morgan fingerprint density at radius 2 is 1.33 bits per heavy atom. The quantitative estimate of drug-likeness (QED) is 0.259. The van der Waals surface area contributed by atoms with Crippen molar-refractivity contribution in [2.45, 2.75) is 5.41 Å². The van der Waals surface area contributed by atoms with E-state index >= 15 is 0 Å². The summed E-state index contributed by atoms with van der Waals surface area (Å²) in [4.78, 5) is 15.2. The summed E-state index contributed by atoms with van der Waals surface area (Å²) in [6, 6.07) is 39.4. The van der Waals surface area contributed by atoms with Crippen LogP contribution in [0.4, 0.5) is 0 Å². The van der Waals surface area contributed by atoms with E-state index in [1.54, 1.807) is 6.20 Å². The van der Waals surface area contributed by atoms with Gasteiger partial charge in [0.2, 0.25) is 0 Å². The lowest BCUT2D eigenvalue weighted by Crippen LogP contribution is -2.31. The molecular weight excluding hydrogens is 462 g/mol. The molecule has 1 aliphatic rings. The standard InChI is InChI=1S/C32H20ClN3/c33-23-17-18-25-24-14-7-8-16-27(24)32(28(25)20-23,22-12-5-2-6-13-22)31-35-29(21-10-3-1-4-11-21)26-15-9-19-34-30(26)36-31/h1-20H. The van der Waals surface area contributed by atoms with Gasteiger partial charge in [-0.2, -0.15) is 0 Å². The van der Waals surface area contributed by atoms with Gasteiger partial charge >= 0.3 is 0 Å². The lowest BCUT2D eigenvalue weighted by molar-refractivity contribution is 0.703. The predicted molar refractivity (Wildman–Crippen MR) is 145 cm³/mol. The summed E-state index contributed by atoms with van der Waals surface area (Å²) >= 11 is 6.64. The molecule has 1 atom stereocenters. The molecule has 0 fully saturated rings. The van der Waals surface area contributed by atoms with E-state index in [0.717, 1.165) is 38.9 Å². The maximum absolute atomic E-state index is 6.64. The first-order valence-corrected chi connectivity index (χ1v) is 12.3. The summed E-state index contributed by atoms with van der Waals surface area (Å²) in [7, 11) is 0. The van der Waals surface area contributed by atoms with Crippen LogP contribution in [0.15, 0.2) is 121 Å². The van der Waals surface area contributed by atoms with Crippen molar-refractivity contribution < 1.29 is 0 Å². The van der Waals surface area contributed by atoms with Crippen LogP contribution < -0.4 is 0 Å². The molecule has 36 heavy (non-hydrogen) atoms. The zero-order valence-corrected chi connectivity index (χ0v) is 20.0. The van der Waals surface area contributed by atoms with Gasteiger partial charge in [-0.3, -0.25) is 0 Å². The first-order chi connectivity index (χ1) is 17.8. The molecular formula is C32H20ClN3. The van der Waals surface area contributed by atoms with Crippen LogP contribution in [0.3, 0.4) is 0 Å². The van der Waals surface area contributed by atoms with Crippen LogP contribution in [-0.2, 0) is 5.41 Å². The second kappa shape index (κ2) is 8.11. The van der Waals surface area contributed by atoms with Gasteiger partial charge in [-0.05, 0) is 52.1 Å². The Morgan fingerprint density at radius 3 is 2.17 bits per heavy atom. The highest BCUT2D eigenvalue weighted by Crippen LogP contribution is 2.56. The van der Waals surface area contributed by atoms with Crippen LogP contribution in [0.2, 0.25) is 5.02 Å². The van der Waals surface area contributed by atoms with Gasteiger partial charge < -0.3 is 0 Å². The average molecular weight is 482 g/mol. The molecule has 4 heteroatoms. The van der Waals surface area contributed by atoms with E-state index < -0.39 is 5.41 Å². The number of fused-ring (bicyclic) bond motifs is 4. The Labute approximate surface area is 214 Å². The minimum absolute atomic E-state index is 0.671. The lowest BCUT2D eigenvalue weighted by Gasteiger charge is -2.32. The Kier molecular flexibility index (Phi) is 4.73. The maximum Gasteiger partial charge on any atom is 0.163 e. The highest BCUT2D eigenvalue weighted by molar-refractivity contribution is 6.30. The Hall–Kier alpha value is -4.34. The largest absolute Gasteiger partial charge is 0.237 e. The van der Waals surface area contributed by atoms with Crippen molar-refractivity contribution in [1.29, 1.82) is 0 Å². The number of hydrogen-bond donors (Lipinski definition) is 0. The number of aromatic nitrogens is 3. The van der Waals surface area contributed by atoms with Crippen molar-refractivity contribution in [2.75, 3.05) is 0 Å². The Bertz CT molecular complexity index is 1750. The number of nitrogens with zero attached hydrogens (tertiary/aromatic N) is 3. The third kappa shape index (κ3) is 2.96. The minimum Gasteiger partial charge on any atom is -0.237 e. The molecule has 6 aromatic rings. The van der Waals surface area contributed by atoms with E-state index in [1.165, 1.54) is 5.56 Å². The Morgan fingerprint density at radius 1 is 0.611 bits per heavy atom. The maximum atomic E-state index is 6.64. The number of benzene rings is 4. The van der Waals surface area contributed by atoms with E-state index in [1.807, 2.05) is 42.5 Å². The van der Waals surface area contributed by atoms with Gasteiger partial charge in [-0.25, -0.2) is 15.0 Å². The molecule has 4 aromatic carbocycles. The number of pyridine rings is 1. The zero-order chi connectivity index (χ0) is 24.1. The number of hydrogen-bond acceptors (Lipinski definition) is 3. The third-order valence-electron chi connectivity index (χ3n) is 7.07. The first-order valence-electron chi connectivity index (χ1n) is 11.9. The van der Waals surface area contributed by atoms with Crippen molar-refractivity contribution >= 4 is 22.6 Å². The molecule has 0 saturated heterocycles. The molecule has 0 spiro atoms. The fourth-order valence-electron chi connectivity index (χ4n) is 5.57. The highest BCUT2D eigenvalue weighted by Gasteiger charge is 2.48. The smallest absolute Gasteiger partial charge is 0.163 e. The predicted octanol–water partition coefficient (Wildman–Crippen LogP) is 7.71. The van der Waals surface area contributed by atoms with Gasteiger partial charge in [0.05, 0.1) is 5.69 Å². The monoisotopic (exact) mass is 481 g/mol. The molecule has 0 saturated carbocycles. The fraction of sp³-hybridized carbons (Fsp3) is 0.0312. The van der Waals surface area contributed by atoms with Gasteiger partial charge in [-0.1, -0.05) is 103 Å². The lowest BCUT2D eigenvalue weighted by atomic mass is 9.71. The molecule has 0 N–H and O–H groups in total. The van der Waals surface area contributed by atoms with Crippen molar-refractivity contribution in [3.8, 4) is 22.4 Å². The molecule has 1 unspecified atom stereocenters. The van der Waals surface area contributed by atoms with Crippen molar-refractivity contribution in [2.24, 2.45) is 0 Å². The normalized spacial score (nSPS) is 16.0. The van der Waals surface area contributed by atoms with Gasteiger partial charge in [0.25, 0.3) is 0 Å². The molecule has 2 aromatic heterocycles. The van der Waals surface area contributed by atoms with Crippen molar-refractivity contribution in [3.63, 3.8) is 0 Å². The van der Waals surface area contributed by atoms with Crippen LogP contribution >= 0.6 is 11.6 Å². The third-order valence-corrected chi connectivity index (χ3v) is 7.30. The average Bonchev–Trinajstić information content (AvgIpc) is 3.23. The molecule has 0 bridgehead atoms. The first kappa shape index (κ1) is 21.0. The van der Waals surface area contributed by atoms with Gasteiger partial charge in [0, 0.05) is 22.2 Å². The van der Waals surface area contributed by atoms with Crippen LogP contribution in [-0.4, -0.2) is 15.0 Å². The van der Waals surface area contributed by atoms with E-state index in [0.29, 0.717) is 16.5 Å². The van der Waals surface area contributed by atoms with Crippen LogP contribution in [0.25, 0.3) is 33.4 Å². The van der Waals surface area contributed by atoms with Crippen LogP contribution in [0.5, 0.6) is 0 Å². The molecule has 2 heterocycles. The Balaban J connectivity index is 1.67. The second-order valence-electron chi connectivity index (χ2n) is 8.99. The molecule has 3 nitrogen and oxygen atoms in total. The van der Waals surface area contributed by atoms with Gasteiger partial charge in [-0.15, -0.1) is 0 Å². The zero-order valence-electron chi connectivity index (χ0n) is 19.3. The van der Waals surface area contributed by atoms with E-state index in [4.69, 9.17) is 21.6 Å². The molecule has 0 aliphatic heterocycles. The molecule has 0 amide bonds. The van der Waals surface area contributed by atoms with Crippen LogP contribution in [0.1, 0.15) is 22.5 Å². The fourth-order valence-corrected chi connectivity index (χ4v) is 5.74. The number of rotatable bonds is 3. The summed E-state index contributed by atoms with van der Waals surface area (Å²) in [5.74, 6) is 0.687. The second-order valence-corrected chi connectivity index (χ2v) is 9.42. The van der Waals surface area contributed by atoms with Gasteiger partial charge in [0.1, 0.15) is 5.41 Å². The molecule has 0 radical (unpaired) electrons. The summed E-state index contributed by atoms with van der Waals surface area (Å²) in [6.07, 6.45) is 1.79. The highest BCUT2D eigenvalue weighted by atomic mass is 35.5. The molecule has 170 valence electrons. The molecule has 1 aliphatic carbocycles. The summed E-state index contributed by atoms with van der Waals surface area (Å²) in [5, 5.41) is 1.61. The van der Waals surface area contributed by atoms with E-state index in [2.05, 4.69) is 77.8 Å². The van der Waals surface area contributed by atoms with Crippen molar-refractivity contribution in [3.05, 3.63) is 149 Å². The van der Waals surface area contributed by atoms with E-state index in [9.17, 15) is 0 Å². The number of halogens is 1. The molecule has 7 rings (SSSR count). The minimum atomic E-state index is -0.743. The van der Waals surface area contributed by atoms with Crippen molar-refractivity contribution in [1.82, 2.24) is 15.0 Å². The summed E-state index contributed by atoms with van der Waals surface area (Å²) in [6.45, 7) is 0. The van der Waals surface area contributed by atoms with E-state index in [-0.39, 0.29) is 0 Å². The SMILES string of the molecule is Clc1ccc2c(c1)C(c1ccccc1)(c1nc(-c3ccccc3)c3cccnc3n1)c1ccccc1-2. The summed E-state index contributed by atoms with van der Waals surface area (Å²) < 4.78 is 0. The van der Waals surface area contributed by atoms with Gasteiger partial charge in [0.15, 0.2) is 11.5 Å². The van der Waals surface area contributed by atoms with Crippen LogP contribution in [0, 0.1) is 0 Å². The topological polar surface area (TPSA) is 38.7 Å². The summed E-state index contributed by atoms with van der Waals surface area (Å²) in [5.41, 5.74) is 7.44.